The number of aryl methyl sites for hydroxylation is 3. The number of rotatable bonds is 6. The molecule has 0 aliphatic heterocycles. The second-order valence-electron chi connectivity index (χ2n) is 7.01. The van der Waals surface area contributed by atoms with E-state index in [1.165, 1.54) is 11.1 Å². The summed E-state index contributed by atoms with van der Waals surface area (Å²) in [5.41, 5.74) is 10.2. The van der Waals surface area contributed by atoms with E-state index in [1.807, 2.05) is 31.2 Å². The number of benzene rings is 2. The van der Waals surface area contributed by atoms with Gasteiger partial charge in [-0.05, 0) is 58.0 Å². The zero-order valence-electron chi connectivity index (χ0n) is 16.8. The molecule has 0 bridgehead atoms. The van der Waals surface area contributed by atoms with Crippen LogP contribution in [-0.2, 0) is 4.79 Å². The van der Waals surface area contributed by atoms with Gasteiger partial charge in [0.15, 0.2) is 0 Å². The number of carbonyl (C=O) groups excluding carboxylic acids is 1. The van der Waals surface area contributed by atoms with E-state index in [0.29, 0.717) is 0 Å². The summed E-state index contributed by atoms with van der Waals surface area (Å²) in [6, 6.07) is 18.4. The van der Waals surface area contributed by atoms with Crippen molar-refractivity contribution < 1.29 is 4.79 Å². The molecule has 0 aliphatic carbocycles. The molecule has 0 unspecified atom stereocenters. The van der Waals surface area contributed by atoms with Crippen molar-refractivity contribution in [3.05, 3.63) is 82.7 Å². The van der Waals surface area contributed by atoms with Gasteiger partial charge in [-0.25, -0.2) is 5.43 Å². The molecule has 1 aromatic heterocycles. The van der Waals surface area contributed by atoms with Crippen LogP contribution in [0, 0.1) is 27.7 Å². The molecule has 0 atom stereocenters. The second kappa shape index (κ2) is 8.57. The Balaban J connectivity index is 1.61. The lowest BCUT2D eigenvalue weighted by Crippen LogP contribution is -2.25. The van der Waals surface area contributed by atoms with Crippen LogP contribution in [-0.4, -0.2) is 23.2 Å². The first-order valence-electron chi connectivity index (χ1n) is 9.32. The van der Waals surface area contributed by atoms with Crippen LogP contribution in [0.4, 0.5) is 5.69 Å². The van der Waals surface area contributed by atoms with Crippen LogP contribution in [0.2, 0.25) is 0 Å². The van der Waals surface area contributed by atoms with Crippen LogP contribution in [0.25, 0.3) is 5.69 Å². The minimum atomic E-state index is -0.191. The fourth-order valence-corrected chi connectivity index (χ4v) is 3.08. The molecule has 1 heterocycles. The topological polar surface area (TPSA) is 58.4 Å². The van der Waals surface area contributed by atoms with Crippen molar-refractivity contribution in [2.24, 2.45) is 5.10 Å². The van der Waals surface area contributed by atoms with Crippen molar-refractivity contribution in [2.45, 2.75) is 27.7 Å². The van der Waals surface area contributed by atoms with Gasteiger partial charge in [-0.2, -0.15) is 5.10 Å². The number of carbonyl (C=O) groups is 1. The molecule has 1 amide bonds. The first kappa shape index (κ1) is 19.4. The minimum absolute atomic E-state index is 0.169. The maximum atomic E-state index is 12.0. The standard InChI is InChI=1S/C23H26N4O/c1-16-5-9-21(10-6-16)24-15-23(28)26-25-14-20-13-18(3)27(19(20)4)22-11-7-17(2)8-12-22/h5-14,24H,15H2,1-4H3,(H,26,28)/b25-14-. The van der Waals surface area contributed by atoms with Gasteiger partial charge in [0.1, 0.15) is 0 Å². The molecule has 3 rings (SSSR count). The van der Waals surface area contributed by atoms with Crippen LogP contribution in [0.5, 0.6) is 0 Å². The molecule has 0 spiro atoms. The quantitative estimate of drug-likeness (QED) is 0.500. The average Bonchev–Trinajstić information content (AvgIpc) is 2.96. The third-order valence-electron chi connectivity index (χ3n) is 4.66. The summed E-state index contributed by atoms with van der Waals surface area (Å²) in [5, 5.41) is 7.19. The number of hydrogen-bond acceptors (Lipinski definition) is 3. The second-order valence-corrected chi connectivity index (χ2v) is 7.01. The molecule has 0 saturated carbocycles. The van der Waals surface area contributed by atoms with Crippen molar-refractivity contribution in [1.82, 2.24) is 9.99 Å². The van der Waals surface area contributed by atoms with Gasteiger partial charge in [0.2, 0.25) is 0 Å². The van der Waals surface area contributed by atoms with E-state index in [4.69, 9.17) is 0 Å². The summed E-state index contributed by atoms with van der Waals surface area (Å²) in [6.07, 6.45) is 1.69. The fourth-order valence-electron chi connectivity index (χ4n) is 3.08. The number of nitrogens with one attached hydrogen (secondary N) is 2. The van der Waals surface area contributed by atoms with Crippen molar-refractivity contribution in [2.75, 3.05) is 11.9 Å². The minimum Gasteiger partial charge on any atom is -0.376 e. The normalized spacial score (nSPS) is 11.0. The van der Waals surface area contributed by atoms with E-state index in [1.54, 1.807) is 6.21 Å². The molecule has 144 valence electrons. The third kappa shape index (κ3) is 4.68. The molecule has 3 aromatic rings. The highest BCUT2D eigenvalue weighted by atomic mass is 16.2. The molecule has 2 aromatic carbocycles. The number of nitrogens with zero attached hydrogens (tertiary/aromatic N) is 2. The Kier molecular flexibility index (Phi) is 5.94. The van der Waals surface area contributed by atoms with Gasteiger partial charge in [0.05, 0.1) is 12.8 Å². The Hall–Kier alpha value is -3.34. The first-order valence-corrected chi connectivity index (χ1v) is 9.32. The summed E-state index contributed by atoms with van der Waals surface area (Å²) in [5.74, 6) is -0.191. The zero-order valence-corrected chi connectivity index (χ0v) is 16.8. The lowest BCUT2D eigenvalue weighted by Gasteiger charge is -2.09. The molecule has 0 aliphatic rings. The summed E-state index contributed by atoms with van der Waals surface area (Å²) >= 11 is 0. The highest BCUT2D eigenvalue weighted by molar-refractivity contribution is 5.85. The van der Waals surface area contributed by atoms with Gasteiger partial charge in [-0.3, -0.25) is 4.79 Å². The van der Waals surface area contributed by atoms with Crippen LogP contribution >= 0.6 is 0 Å². The largest absolute Gasteiger partial charge is 0.376 e. The molecular weight excluding hydrogens is 348 g/mol. The number of amides is 1. The average molecular weight is 374 g/mol. The lowest BCUT2D eigenvalue weighted by molar-refractivity contribution is -0.119. The maximum absolute atomic E-state index is 12.0. The van der Waals surface area contributed by atoms with E-state index >= 15 is 0 Å². The third-order valence-corrected chi connectivity index (χ3v) is 4.66. The van der Waals surface area contributed by atoms with Gasteiger partial charge >= 0.3 is 0 Å². The number of aromatic nitrogens is 1. The SMILES string of the molecule is Cc1ccc(NCC(=O)N/N=C\c2cc(C)n(-c3ccc(C)cc3)c2C)cc1. The highest BCUT2D eigenvalue weighted by Gasteiger charge is 2.09. The molecular formula is C23H26N4O. The predicted molar refractivity (Wildman–Crippen MR) is 115 cm³/mol. The van der Waals surface area contributed by atoms with Crippen molar-refractivity contribution in [1.29, 1.82) is 0 Å². The Bertz CT molecular complexity index is 983. The molecule has 2 N–H and O–H groups in total. The predicted octanol–water partition coefficient (Wildman–Crippen LogP) is 4.27. The Morgan fingerprint density at radius 2 is 1.57 bits per heavy atom. The smallest absolute Gasteiger partial charge is 0.259 e. The van der Waals surface area contributed by atoms with Gasteiger partial charge < -0.3 is 9.88 Å². The van der Waals surface area contributed by atoms with E-state index in [-0.39, 0.29) is 12.5 Å². The number of hydrazone groups is 1. The lowest BCUT2D eigenvalue weighted by atomic mass is 10.2. The Morgan fingerprint density at radius 1 is 0.964 bits per heavy atom. The highest BCUT2D eigenvalue weighted by Crippen LogP contribution is 2.20. The van der Waals surface area contributed by atoms with Crippen LogP contribution in [0.15, 0.2) is 59.7 Å². The molecule has 5 heteroatoms. The van der Waals surface area contributed by atoms with Crippen molar-refractivity contribution in [3.8, 4) is 5.69 Å². The summed E-state index contributed by atoms with van der Waals surface area (Å²) in [7, 11) is 0. The number of hydrogen-bond donors (Lipinski definition) is 2. The summed E-state index contributed by atoms with van der Waals surface area (Å²) in [4.78, 5) is 12.0. The summed E-state index contributed by atoms with van der Waals surface area (Å²) in [6.45, 7) is 8.39. The molecule has 28 heavy (non-hydrogen) atoms. The van der Waals surface area contributed by atoms with Crippen LogP contribution in [0.1, 0.15) is 28.1 Å². The molecule has 0 fully saturated rings. The van der Waals surface area contributed by atoms with Gasteiger partial charge in [0, 0.05) is 28.3 Å². The fraction of sp³-hybridized carbons (Fsp3) is 0.217. The molecule has 5 nitrogen and oxygen atoms in total. The zero-order chi connectivity index (χ0) is 20.1. The Labute approximate surface area is 166 Å². The van der Waals surface area contributed by atoms with E-state index < -0.39 is 0 Å². The van der Waals surface area contributed by atoms with Crippen molar-refractivity contribution >= 4 is 17.8 Å². The van der Waals surface area contributed by atoms with Gasteiger partial charge in [-0.15, -0.1) is 0 Å². The summed E-state index contributed by atoms with van der Waals surface area (Å²) < 4.78 is 2.18. The van der Waals surface area contributed by atoms with E-state index in [9.17, 15) is 4.79 Å². The maximum Gasteiger partial charge on any atom is 0.259 e. The molecule has 0 saturated heterocycles. The Morgan fingerprint density at radius 3 is 2.21 bits per heavy atom. The van der Waals surface area contributed by atoms with Gasteiger partial charge in [0.25, 0.3) is 5.91 Å². The monoisotopic (exact) mass is 374 g/mol. The van der Waals surface area contributed by atoms with Crippen LogP contribution < -0.4 is 10.7 Å². The van der Waals surface area contributed by atoms with Crippen molar-refractivity contribution in [3.63, 3.8) is 0 Å². The first-order chi connectivity index (χ1) is 13.4. The molecule has 0 radical (unpaired) electrons. The number of anilines is 1. The van der Waals surface area contributed by atoms with E-state index in [0.717, 1.165) is 28.3 Å². The van der Waals surface area contributed by atoms with Crippen LogP contribution in [0.3, 0.4) is 0 Å². The van der Waals surface area contributed by atoms with Gasteiger partial charge in [-0.1, -0.05) is 35.4 Å². The van der Waals surface area contributed by atoms with E-state index in [2.05, 4.69) is 71.5 Å².